The van der Waals surface area contributed by atoms with Crippen molar-refractivity contribution >= 4 is 0 Å². The number of benzene rings is 9. The van der Waals surface area contributed by atoms with Gasteiger partial charge in [-0.2, -0.15) is 10.5 Å². The van der Waals surface area contributed by atoms with Gasteiger partial charge >= 0.3 is 0 Å². The summed E-state index contributed by atoms with van der Waals surface area (Å²) in [4.78, 5) is 0. The Hall–Kier alpha value is -8.44. The van der Waals surface area contributed by atoms with E-state index in [0.717, 1.165) is 44.5 Å². The molecule has 0 fully saturated rings. The molecule has 0 N–H and O–H groups in total. The molecule has 0 spiro atoms. The molecule has 0 amide bonds. The molecule has 62 heavy (non-hydrogen) atoms. The third-order valence-corrected chi connectivity index (χ3v) is 11.6. The smallest absolute Gasteiger partial charge is 0.171 e. The van der Waals surface area contributed by atoms with Crippen molar-refractivity contribution in [2.24, 2.45) is 0 Å². The molecule has 0 saturated carbocycles. The van der Waals surface area contributed by atoms with Crippen molar-refractivity contribution in [3.05, 3.63) is 298 Å². The third-order valence-electron chi connectivity index (χ3n) is 11.6. The van der Waals surface area contributed by atoms with Crippen LogP contribution in [0.3, 0.4) is 0 Å². The van der Waals surface area contributed by atoms with Gasteiger partial charge in [0.25, 0.3) is 0 Å². The number of hydrogen-bond donors (Lipinski definition) is 0. The van der Waals surface area contributed by atoms with Crippen LogP contribution in [0.4, 0.5) is 0 Å². The first kappa shape index (κ1) is 39.0. The summed E-state index contributed by atoms with van der Waals surface area (Å²) in [7, 11) is 0. The molecule has 0 bridgehead atoms. The van der Waals surface area contributed by atoms with E-state index in [4.69, 9.17) is 9.47 Å². The number of nitriles is 2. The fourth-order valence-electron chi connectivity index (χ4n) is 8.83. The first-order chi connectivity index (χ1) is 30.6. The van der Waals surface area contributed by atoms with E-state index in [1.807, 2.05) is 60.7 Å². The SMILES string of the molecule is N#Cc1cc(Oc2ccc(C(c3ccccc3)(c3ccccc3)c3ccccc3)cc2)c(Oc2ccc(C(c3ccccc3)(c3ccccc3)c3ccccc3)cc2)cc1C#N. The first-order valence-electron chi connectivity index (χ1n) is 20.5. The molecule has 0 heterocycles. The summed E-state index contributed by atoms with van der Waals surface area (Å²) < 4.78 is 13.1. The lowest BCUT2D eigenvalue weighted by Crippen LogP contribution is -2.30. The molecule has 0 unspecified atom stereocenters. The second-order valence-corrected chi connectivity index (χ2v) is 15.0. The van der Waals surface area contributed by atoms with Gasteiger partial charge in [0.15, 0.2) is 11.5 Å². The van der Waals surface area contributed by atoms with E-state index in [-0.39, 0.29) is 11.1 Å². The Morgan fingerprint density at radius 2 is 0.484 bits per heavy atom. The van der Waals surface area contributed by atoms with Gasteiger partial charge < -0.3 is 9.47 Å². The fourth-order valence-corrected chi connectivity index (χ4v) is 8.83. The predicted molar refractivity (Wildman–Crippen MR) is 246 cm³/mol. The molecule has 0 saturated heterocycles. The van der Waals surface area contributed by atoms with E-state index < -0.39 is 10.8 Å². The average molecular weight is 797 g/mol. The molecule has 0 aliphatic rings. The second-order valence-electron chi connectivity index (χ2n) is 15.0. The van der Waals surface area contributed by atoms with Gasteiger partial charge in [0, 0.05) is 12.1 Å². The van der Waals surface area contributed by atoms with Crippen molar-refractivity contribution in [1.29, 1.82) is 10.5 Å². The number of nitrogens with zero attached hydrogens (tertiary/aromatic N) is 2. The van der Waals surface area contributed by atoms with Crippen molar-refractivity contribution in [3.8, 4) is 35.1 Å². The molecule has 0 atom stereocenters. The van der Waals surface area contributed by atoms with Crippen LogP contribution in [0, 0.1) is 22.7 Å². The fraction of sp³-hybridized carbons (Fsp3) is 0.0345. The predicted octanol–water partition coefficient (Wildman–Crippen LogP) is 13.8. The van der Waals surface area contributed by atoms with Crippen LogP contribution in [0.15, 0.2) is 243 Å². The van der Waals surface area contributed by atoms with Crippen molar-refractivity contribution < 1.29 is 9.47 Å². The molecule has 9 rings (SSSR count). The monoisotopic (exact) mass is 796 g/mol. The highest BCUT2D eigenvalue weighted by Gasteiger charge is 2.39. The van der Waals surface area contributed by atoms with E-state index in [0.29, 0.717) is 23.0 Å². The highest BCUT2D eigenvalue weighted by atomic mass is 16.5. The standard InChI is InChI=1S/C58H40N2O2/c59-41-43-39-55(61-53-35-31-51(32-36-53)57(45-19-7-1-8-20-45,46-21-9-2-10-22-46)47-23-11-3-12-24-47)56(40-44(43)42-60)62-54-37-33-52(34-38-54)58(48-25-13-4-14-26-48,49-27-15-5-16-28-49)50-29-17-6-18-30-50/h1-40H. The van der Waals surface area contributed by atoms with Gasteiger partial charge in [-0.1, -0.05) is 206 Å². The minimum absolute atomic E-state index is 0.191. The molecule has 9 aromatic rings. The summed E-state index contributed by atoms with van der Waals surface area (Å²) in [6.45, 7) is 0. The molecule has 0 radical (unpaired) electrons. The van der Waals surface area contributed by atoms with Crippen molar-refractivity contribution in [2.45, 2.75) is 10.8 Å². The Kier molecular flexibility index (Phi) is 11.0. The number of rotatable bonds is 12. The summed E-state index contributed by atoms with van der Waals surface area (Å²) in [5.41, 5.74) is 8.04. The molecular weight excluding hydrogens is 757 g/mol. The minimum Gasteiger partial charge on any atom is -0.453 e. The van der Waals surface area contributed by atoms with Gasteiger partial charge in [-0.05, 0) is 68.8 Å². The maximum absolute atomic E-state index is 10.1. The minimum atomic E-state index is -0.621. The number of hydrogen-bond acceptors (Lipinski definition) is 4. The third kappa shape index (κ3) is 7.17. The Bertz CT molecular complexity index is 2580. The Morgan fingerprint density at radius 1 is 0.274 bits per heavy atom. The van der Waals surface area contributed by atoms with Crippen LogP contribution in [0.1, 0.15) is 55.6 Å². The molecule has 9 aromatic carbocycles. The van der Waals surface area contributed by atoms with E-state index in [9.17, 15) is 10.5 Å². The van der Waals surface area contributed by atoms with Gasteiger partial charge in [0.05, 0.1) is 22.0 Å². The van der Waals surface area contributed by atoms with E-state index >= 15 is 0 Å². The highest BCUT2D eigenvalue weighted by molar-refractivity contribution is 5.63. The summed E-state index contributed by atoms with van der Waals surface area (Å²) in [6.07, 6.45) is 0. The van der Waals surface area contributed by atoms with Crippen LogP contribution in [0.2, 0.25) is 0 Å². The quantitative estimate of drug-likeness (QED) is 0.116. The van der Waals surface area contributed by atoms with Crippen LogP contribution in [-0.2, 0) is 10.8 Å². The lowest BCUT2D eigenvalue weighted by molar-refractivity contribution is 0.418. The van der Waals surface area contributed by atoms with Gasteiger partial charge in [-0.15, -0.1) is 0 Å². The Balaban J connectivity index is 1.10. The first-order valence-corrected chi connectivity index (χ1v) is 20.5. The molecule has 0 aliphatic carbocycles. The largest absolute Gasteiger partial charge is 0.453 e. The topological polar surface area (TPSA) is 66.0 Å². The van der Waals surface area contributed by atoms with E-state index in [2.05, 4.69) is 182 Å². The van der Waals surface area contributed by atoms with Gasteiger partial charge in [-0.25, -0.2) is 0 Å². The lowest BCUT2D eigenvalue weighted by atomic mass is 9.65. The molecule has 294 valence electrons. The zero-order chi connectivity index (χ0) is 42.2. The van der Waals surface area contributed by atoms with Crippen LogP contribution < -0.4 is 9.47 Å². The maximum Gasteiger partial charge on any atom is 0.171 e. The van der Waals surface area contributed by atoms with E-state index in [1.54, 1.807) is 12.1 Å². The average Bonchev–Trinajstić information content (AvgIpc) is 3.35. The second kappa shape index (κ2) is 17.4. The van der Waals surface area contributed by atoms with Crippen LogP contribution >= 0.6 is 0 Å². The van der Waals surface area contributed by atoms with Gasteiger partial charge in [-0.3, -0.25) is 0 Å². The van der Waals surface area contributed by atoms with Crippen molar-refractivity contribution in [1.82, 2.24) is 0 Å². The lowest BCUT2D eigenvalue weighted by Gasteiger charge is -2.37. The summed E-state index contributed by atoms with van der Waals surface area (Å²) in [5.74, 6) is 1.71. The van der Waals surface area contributed by atoms with Crippen molar-refractivity contribution in [3.63, 3.8) is 0 Å². The van der Waals surface area contributed by atoms with E-state index in [1.165, 1.54) is 0 Å². The van der Waals surface area contributed by atoms with Crippen LogP contribution in [-0.4, -0.2) is 0 Å². The Morgan fingerprint density at radius 3 is 0.694 bits per heavy atom. The zero-order valence-corrected chi connectivity index (χ0v) is 33.8. The Labute approximate surface area is 362 Å². The normalized spacial score (nSPS) is 11.2. The molecule has 4 nitrogen and oxygen atoms in total. The summed E-state index contributed by atoms with van der Waals surface area (Å²) in [5, 5.41) is 20.1. The van der Waals surface area contributed by atoms with Crippen LogP contribution in [0.25, 0.3) is 0 Å². The molecule has 0 aliphatic heterocycles. The van der Waals surface area contributed by atoms with Gasteiger partial charge in [0.1, 0.15) is 23.6 Å². The summed E-state index contributed by atoms with van der Waals surface area (Å²) in [6, 6.07) is 86.8. The number of ether oxygens (including phenoxy) is 2. The molecule has 4 heteroatoms. The van der Waals surface area contributed by atoms with Crippen molar-refractivity contribution in [2.75, 3.05) is 0 Å². The van der Waals surface area contributed by atoms with Crippen LogP contribution in [0.5, 0.6) is 23.0 Å². The summed E-state index contributed by atoms with van der Waals surface area (Å²) >= 11 is 0. The zero-order valence-electron chi connectivity index (χ0n) is 33.8. The van der Waals surface area contributed by atoms with Gasteiger partial charge in [0.2, 0.25) is 0 Å². The molecular formula is C58H40N2O2. The highest BCUT2D eigenvalue weighted by Crippen LogP contribution is 2.48. The maximum atomic E-state index is 10.1. The molecule has 0 aromatic heterocycles.